The van der Waals surface area contributed by atoms with Crippen LogP contribution in [0.1, 0.15) is 27.9 Å². The number of benzene rings is 3. The standard InChI is InChI=1S/C24H22O7.3Na.3H/c1-24(16-2-8-19(25)9-3-16,17-4-10-20(11-5-17)30-14-22(26)27)18-6-12-21(13-7-18)31-15-23(28)29;;;;;;/h2-13,25H,14-15H2,1H3,(H,26,27)(H,28,29);;;;;;/q;3*+1;3*-1. The summed E-state index contributed by atoms with van der Waals surface area (Å²) in [5, 5.41) is 27.3. The molecule has 0 atom stereocenters. The first-order valence-corrected chi connectivity index (χ1v) is 9.49. The Balaban J connectivity index is -0.000000907. The van der Waals surface area contributed by atoms with Gasteiger partial charge < -0.3 is 29.1 Å². The molecule has 0 radical (unpaired) electrons. The number of hydrogen-bond donors (Lipinski definition) is 3. The van der Waals surface area contributed by atoms with Gasteiger partial charge in [0.05, 0.1) is 0 Å². The summed E-state index contributed by atoms with van der Waals surface area (Å²) in [5.74, 6) is -1.07. The van der Waals surface area contributed by atoms with Crippen molar-refractivity contribution in [2.75, 3.05) is 13.2 Å². The maximum Gasteiger partial charge on any atom is 1.00 e. The average molecular weight is 494 g/mol. The third kappa shape index (κ3) is 8.59. The predicted octanol–water partition coefficient (Wildman–Crippen LogP) is -4.98. The second-order valence-electron chi connectivity index (χ2n) is 7.09. The van der Waals surface area contributed by atoms with Gasteiger partial charge in [0, 0.05) is 5.41 Å². The monoisotopic (exact) mass is 494 g/mol. The normalized spacial score (nSPS) is 10.0. The zero-order valence-corrected chi connectivity index (χ0v) is 25.8. The van der Waals surface area contributed by atoms with E-state index in [0.717, 1.165) is 16.7 Å². The number of phenolic OH excluding ortho intramolecular Hbond substituents is 1. The number of phenols is 1. The zero-order valence-electron chi connectivity index (χ0n) is 22.8. The molecule has 0 saturated carbocycles. The van der Waals surface area contributed by atoms with Crippen molar-refractivity contribution >= 4 is 11.9 Å². The van der Waals surface area contributed by atoms with E-state index in [1.165, 1.54) is 0 Å². The summed E-state index contributed by atoms with van der Waals surface area (Å²) in [5.41, 5.74) is 2.13. The first kappa shape index (κ1) is 33.0. The molecule has 34 heavy (non-hydrogen) atoms. The van der Waals surface area contributed by atoms with Crippen LogP contribution in [0.25, 0.3) is 0 Å². The molecule has 0 fully saturated rings. The molecule has 10 heteroatoms. The summed E-state index contributed by atoms with van der Waals surface area (Å²) in [7, 11) is 0. The molecule has 3 aromatic rings. The summed E-state index contributed by atoms with van der Waals surface area (Å²) in [6.07, 6.45) is 0. The van der Waals surface area contributed by atoms with Crippen molar-refractivity contribution in [3.63, 3.8) is 0 Å². The van der Waals surface area contributed by atoms with Crippen molar-refractivity contribution in [3.05, 3.63) is 89.5 Å². The van der Waals surface area contributed by atoms with E-state index in [4.69, 9.17) is 19.7 Å². The Kier molecular flexibility index (Phi) is 14.7. The number of aromatic hydroxyl groups is 1. The molecule has 0 spiro atoms. The van der Waals surface area contributed by atoms with Crippen LogP contribution < -0.4 is 98.1 Å². The molecule has 7 nitrogen and oxygen atoms in total. The summed E-state index contributed by atoms with van der Waals surface area (Å²) in [6, 6.07) is 21.2. The van der Waals surface area contributed by atoms with Gasteiger partial charge in [-0.2, -0.15) is 0 Å². The van der Waals surface area contributed by atoms with Gasteiger partial charge in [0.2, 0.25) is 0 Å². The zero-order chi connectivity index (χ0) is 22.4. The second kappa shape index (κ2) is 15.2. The summed E-state index contributed by atoms with van der Waals surface area (Å²) < 4.78 is 10.5. The van der Waals surface area contributed by atoms with E-state index in [0.29, 0.717) is 11.5 Å². The molecule has 0 heterocycles. The summed E-state index contributed by atoms with van der Waals surface area (Å²) in [6.45, 7) is 1.18. The van der Waals surface area contributed by atoms with Crippen LogP contribution in [0.15, 0.2) is 72.8 Å². The minimum absolute atomic E-state index is 0. The fourth-order valence-corrected chi connectivity index (χ4v) is 3.35. The van der Waals surface area contributed by atoms with E-state index in [2.05, 4.69) is 0 Å². The molecule has 3 rings (SSSR count). The predicted molar refractivity (Wildman–Crippen MR) is 116 cm³/mol. The van der Waals surface area contributed by atoms with Crippen molar-refractivity contribution < 1.29 is 127 Å². The Morgan fingerprint density at radius 2 is 0.971 bits per heavy atom. The smallest absolute Gasteiger partial charge is 1.00 e. The Morgan fingerprint density at radius 1 is 0.676 bits per heavy atom. The average Bonchev–Trinajstić information content (AvgIpc) is 2.77. The van der Waals surface area contributed by atoms with E-state index in [-0.39, 0.29) is 98.7 Å². The largest absolute Gasteiger partial charge is 1.00 e. The molecule has 0 unspecified atom stereocenters. The maximum absolute atomic E-state index is 10.7. The van der Waals surface area contributed by atoms with Crippen LogP contribution in [0.4, 0.5) is 0 Å². The van der Waals surface area contributed by atoms with Crippen LogP contribution in [0, 0.1) is 0 Å². The van der Waals surface area contributed by atoms with E-state index in [1.54, 1.807) is 36.4 Å². The molecule has 0 saturated heterocycles. The number of ether oxygens (including phenoxy) is 2. The topological polar surface area (TPSA) is 113 Å². The molecule has 0 amide bonds. The molecule has 0 bridgehead atoms. The number of carboxylic acids is 2. The molecular formula is C24H25Na3O7. The van der Waals surface area contributed by atoms with Gasteiger partial charge >= 0.3 is 101 Å². The first-order chi connectivity index (χ1) is 14.8. The second-order valence-corrected chi connectivity index (χ2v) is 7.09. The van der Waals surface area contributed by atoms with Crippen molar-refractivity contribution in [3.8, 4) is 17.2 Å². The number of rotatable bonds is 9. The third-order valence-corrected chi connectivity index (χ3v) is 5.03. The fourth-order valence-electron chi connectivity index (χ4n) is 3.35. The molecule has 0 aliphatic heterocycles. The molecule has 166 valence electrons. The van der Waals surface area contributed by atoms with Gasteiger partial charge in [-0.25, -0.2) is 9.59 Å². The Bertz CT molecular complexity index is 1010. The maximum atomic E-state index is 10.7. The number of carbonyl (C=O) groups is 2. The number of aliphatic carboxylic acids is 2. The van der Waals surface area contributed by atoms with Gasteiger partial charge in [0.25, 0.3) is 0 Å². The van der Waals surface area contributed by atoms with Gasteiger partial charge in [0.1, 0.15) is 17.2 Å². The molecule has 3 N–H and O–H groups in total. The Hall–Kier alpha value is -1.000. The van der Waals surface area contributed by atoms with Crippen molar-refractivity contribution in [2.45, 2.75) is 12.3 Å². The molecule has 0 aliphatic carbocycles. The Labute approximate surface area is 268 Å². The van der Waals surface area contributed by atoms with Crippen LogP contribution in [0.5, 0.6) is 17.2 Å². The van der Waals surface area contributed by atoms with Crippen LogP contribution in [-0.4, -0.2) is 40.5 Å². The fraction of sp³-hybridized carbons (Fsp3) is 0.167. The van der Waals surface area contributed by atoms with Gasteiger partial charge in [-0.15, -0.1) is 0 Å². The third-order valence-electron chi connectivity index (χ3n) is 5.03. The van der Waals surface area contributed by atoms with Crippen LogP contribution in [0.3, 0.4) is 0 Å². The van der Waals surface area contributed by atoms with E-state index in [9.17, 15) is 14.7 Å². The van der Waals surface area contributed by atoms with E-state index in [1.807, 2.05) is 43.3 Å². The quantitative estimate of drug-likeness (QED) is 0.202. The van der Waals surface area contributed by atoms with E-state index < -0.39 is 30.6 Å². The molecule has 0 aromatic heterocycles. The molecule has 0 aliphatic rings. The van der Waals surface area contributed by atoms with Gasteiger partial charge in [-0.05, 0) is 60.0 Å². The Morgan fingerprint density at radius 3 is 1.26 bits per heavy atom. The van der Waals surface area contributed by atoms with Crippen molar-refractivity contribution in [1.29, 1.82) is 0 Å². The molecular weight excluding hydrogens is 469 g/mol. The van der Waals surface area contributed by atoms with Crippen molar-refractivity contribution in [2.24, 2.45) is 0 Å². The first-order valence-electron chi connectivity index (χ1n) is 9.49. The summed E-state index contributed by atoms with van der Waals surface area (Å²) in [4.78, 5) is 21.4. The minimum atomic E-state index is -1.05. The SMILES string of the molecule is CC(c1ccc(O)cc1)(c1ccc(OCC(=O)O)cc1)c1ccc(OCC(=O)O)cc1.[H-].[H-].[H-].[Na+].[Na+].[Na+]. The minimum Gasteiger partial charge on any atom is -1.00 e. The van der Waals surface area contributed by atoms with Gasteiger partial charge in [-0.1, -0.05) is 36.4 Å². The van der Waals surface area contributed by atoms with Gasteiger partial charge in [-0.3, -0.25) is 0 Å². The number of carboxylic acid groups (broad SMARTS) is 2. The molecule has 3 aromatic carbocycles. The van der Waals surface area contributed by atoms with Crippen LogP contribution in [-0.2, 0) is 15.0 Å². The van der Waals surface area contributed by atoms with E-state index >= 15 is 0 Å². The van der Waals surface area contributed by atoms with Crippen molar-refractivity contribution in [1.82, 2.24) is 0 Å². The van der Waals surface area contributed by atoms with Gasteiger partial charge in [0.15, 0.2) is 13.2 Å². The van der Waals surface area contributed by atoms with Crippen LogP contribution >= 0.6 is 0 Å². The number of hydrogen-bond acceptors (Lipinski definition) is 5. The van der Waals surface area contributed by atoms with Crippen LogP contribution in [0.2, 0.25) is 0 Å². The summed E-state index contributed by atoms with van der Waals surface area (Å²) >= 11 is 0.